The van der Waals surface area contributed by atoms with E-state index in [1.165, 1.54) is 0 Å². The zero-order chi connectivity index (χ0) is 15.4. The number of methoxy groups -OCH3 is 1. The first-order chi connectivity index (χ1) is 10.0. The second-order valence-electron chi connectivity index (χ2n) is 4.93. The monoisotopic (exact) mass is 312 g/mol. The minimum Gasteiger partial charge on any atom is -0.397 e. The lowest BCUT2D eigenvalue weighted by Gasteiger charge is -2.05. The van der Waals surface area contributed by atoms with Crippen LogP contribution in [0, 0.1) is 0 Å². The van der Waals surface area contributed by atoms with Crippen LogP contribution in [-0.2, 0) is 4.74 Å². The average Bonchev–Trinajstić information content (AvgIpc) is 3.16. The molecule has 1 fully saturated rings. The molecule has 0 aromatic carbocycles. The maximum Gasteiger partial charge on any atom is 0.263 e. The van der Waals surface area contributed by atoms with Crippen molar-refractivity contribution in [3.8, 4) is 0 Å². The van der Waals surface area contributed by atoms with Gasteiger partial charge >= 0.3 is 0 Å². The number of rotatable bonds is 8. The third kappa shape index (κ3) is 3.85. The normalized spacial score (nSPS) is 14.0. The summed E-state index contributed by atoms with van der Waals surface area (Å²) in [4.78, 5) is 24.0. The van der Waals surface area contributed by atoms with E-state index in [9.17, 15) is 9.59 Å². The molecule has 1 aromatic rings. The van der Waals surface area contributed by atoms with Crippen LogP contribution in [0.4, 0.5) is 10.7 Å². The molecule has 1 heterocycles. The summed E-state index contributed by atoms with van der Waals surface area (Å²) in [6, 6.07) is 0.231. The minimum atomic E-state index is -0.636. The van der Waals surface area contributed by atoms with Crippen molar-refractivity contribution in [2.45, 2.75) is 25.3 Å². The SMILES string of the molecule is COCCCNc1sc(C(=O)NC2CC2)c(N)c1C(N)=O. The van der Waals surface area contributed by atoms with Gasteiger partial charge in [0.1, 0.15) is 9.88 Å². The number of anilines is 2. The van der Waals surface area contributed by atoms with E-state index in [2.05, 4.69) is 10.6 Å². The van der Waals surface area contributed by atoms with Gasteiger partial charge in [0.25, 0.3) is 11.8 Å². The standard InChI is InChI=1S/C13H20N4O3S/c1-20-6-2-5-16-13-8(11(15)18)9(14)10(21-13)12(19)17-7-3-4-7/h7,16H,2-6,14H2,1H3,(H2,15,18)(H,17,19). The van der Waals surface area contributed by atoms with Crippen LogP contribution in [0.3, 0.4) is 0 Å². The number of carbonyl (C=O) groups excluding carboxylic acids is 2. The average molecular weight is 312 g/mol. The van der Waals surface area contributed by atoms with E-state index in [0.717, 1.165) is 30.6 Å². The molecular formula is C13H20N4O3S. The number of thiophene rings is 1. The second kappa shape index (κ2) is 6.77. The van der Waals surface area contributed by atoms with Gasteiger partial charge in [-0.25, -0.2) is 0 Å². The van der Waals surface area contributed by atoms with Gasteiger partial charge in [0.15, 0.2) is 0 Å². The summed E-state index contributed by atoms with van der Waals surface area (Å²) in [6.45, 7) is 1.21. The number of primary amides is 1. The highest BCUT2D eigenvalue weighted by Crippen LogP contribution is 2.36. The van der Waals surface area contributed by atoms with Crippen molar-refractivity contribution < 1.29 is 14.3 Å². The van der Waals surface area contributed by atoms with Crippen LogP contribution < -0.4 is 22.1 Å². The highest BCUT2D eigenvalue weighted by molar-refractivity contribution is 7.19. The first-order valence-corrected chi connectivity index (χ1v) is 7.62. The van der Waals surface area contributed by atoms with Crippen LogP contribution in [0.1, 0.15) is 39.3 Å². The van der Waals surface area contributed by atoms with Gasteiger partial charge in [0, 0.05) is 26.3 Å². The van der Waals surface area contributed by atoms with E-state index in [0.29, 0.717) is 23.0 Å². The fourth-order valence-corrected chi connectivity index (χ4v) is 2.93. The number of nitrogen functional groups attached to an aromatic ring is 1. The van der Waals surface area contributed by atoms with Gasteiger partial charge in [-0.1, -0.05) is 0 Å². The van der Waals surface area contributed by atoms with Gasteiger partial charge in [-0.3, -0.25) is 9.59 Å². The van der Waals surface area contributed by atoms with E-state index in [-0.39, 0.29) is 23.2 Å². The highest BCUT2D eigenvalue weighted by atomic mass is 32.1. The molecule has 6 N–H and O–H groups in total. The number of hydrogen-bond acceptors (Lipinski definition) is 6. The lowest BCUT2D eigenvalue weighted by molar-refractivity contribution is 0.0955. The molecule has 0 radical (unpaired) electrons. The molecule has 0 unspecified atom stereocenters. The molecule has 1 aliphatic carbocycles. The van der Waals surface area contributed by atoms with E-state index in [1.54, 1.807) is 7.11 Å². The predicted octanol–water partition coefficient (Wildman–Crippen LogP) is 0.770. The molecule has 7 nitrogen and oxygen atoms in total. The maximum atomic E-state index is 12.1. The van der Waals surface area contributed by atoms with Gasteiger partial charge in [0.2, 0.25) is 0 Å². The van der Waals surface area contributed by atoms with E-state index >= 15 is 0 Å². The lowest BCUT2D eigenvalue weighted by Crippen LogP contribution is -2.25. The summed E-state index contributed by atoms with van der Waals surface area (Å²) in [5.41, 5.74) is 11.6. The lowest BCUT2D eigenvalue weighted by atomic mass is 10.2. The Kier molecular flexibility index (Phi) is 5.03. The van der Waals surface area contributed by atoms with Crippen molar-refractivity contribution in [2.24, 2.45) is 5.73 Å². The van der Waals surface area contributed by atoms with Gasteiger partial charge < -0.3 is 26.8 Å². The molecule has 2 amide bonds. The Morgan fingerprint density at radius 2 is 2.14 bits per heavy atom. The molecule has 1 saturated carbocycles. The largest absolute Gasteiger partial charge is 0.397 e. The fraction of sp³-hybridized carbons (Fsp3) is 0.538. The molecule has 0 saturated heterocycles. The van der Waals surface area contributed by atoms with Crippen molar-refractivity contribution in [1.82, 2.24) is 5.32 Å². The van der Waals surface area contributed by atoms with Crippen LogP contribution in [0.15, 0.2) is 0 Å². The number of hydrogen-bond donors (Lipinski definition) is 4. The smallest absolute Gasteiger partial charge is 0.263 e. The zero-order valence-electron chi connectivity index (χ0n) is 11.9. The number of nitrogens with one attached hydrogen (secondary N) is 2. The quantitative estimate of drug-likeness (QED) is 0.529. The van der Waals surface area contributed by atoms with Crippen LogP contribution in [-0.4, -0.2) is 38.1 Å². The summed E-state index contributed by atoms with van der Waals surface area (Å²) in [7, 11) is 1.62. The fourth-order valence-electron chi connectivity index (χ4n) is 1.88. The summed E-state index contributed by atoms with van der Waals surface area (Å²) in [6.07, 6.45) is 2.75. The zero-order valence-corrected chi connectivity index (χ0v) is 12.7. The molecule has 1 aromatic heterocycles. The molecular weight excluding hydrogens is 292 g/mol. The first-order valence-electron chi connectivity index (χ1n) is 6.80. The van der Waals surface area contributed by atoms with Gasteiger partial charge in [-0.15, -0.1) is 11.3 Å². The topological polar surface area (TPSA) is 119 Å². The molecule has 0 atom stereocenters. The maximum absolute atomic E-state index is 12.1. The molecule has 0 bridgehead atoms. The Bertz CT molecular complexity index is 540. The number of carbonyl (C=O) groups is 2. The Hall–Kier alpha value is -1.80. The number of ether oxygens (including phenoxy) is 1. The first kappa shape index (κ1) is 15.6. The van der Waals surface area contributed by atoms with Crippen molar-refractivity contribution in [3.63, 3.8) is 0 Å². The van der Waals surface area contributed by atoms with Crippen molar-refractivity contribution >= 4 is 33.8 Å². The van der Waals surface area contributed by atoms with Gasteiger partial charge in [-0.05, 0) is 19.3 Å². The van der Waals surface area contributed by atoms with Crippen LogP contribution in [0.25, 0.3) is 0 Å². The molecule has 0 aliphatic heterocycles. The predicted molar refractivity (Wildman–Crippen MR) is 82.7 cm³/mol. The molecule has 116 valence electrons. The van der Waals surface area contributed by atoms with Crippen LogP contribution >= 0.6 is 11.3 Å². The van der Waals surface area contributed by atoms with E-state index < -0.39 is 5.91 Å². The number of amides is 2. The van der Waals surface area contributed by atoms with Crippen LogP contribution in [0.5, 0.6) is 0 Å². The summed E-state index contributed by atoms with van der Waals surface area (Å²) in [5, 5.41) is 6.49. The molecule has 1 aliphatic rings. The summed E-state index contributed by atoms with van der Waals surface area (Å²) in [5.74, 6) is -0.879. The molecule has 2 rings (SSSR count). The molecule has 21 heavy (non-hydrogen) atoms. The Morgan fingerprint density at radius 1 is 1.43 bits per heavy atom. The van der Waals surface area contributed by atoms with Crippen molar-refractivity contribution in [3.05, 3.63) is 10.4 Å². The number of nitrogens with two attached hydrogens (primary N) is 2. The Morgan fingerprint density at radius 3 is 2.71 bits per heavy atom. The highest BCUT2D eigenvalue weighted by Gasteiger charge is 2.28. The van der Waals surface area contributed by atoms with E-state index in [1.807, 2.05) is 0 Å². The van der Waals surface area contributed by atoms with Gasteiger partial charge in [-0.2, -0.15) is 0 Å². The van der Waals surface area contributed by atoms with Gasteiger partial charge in [0.05, 0.1) is 11.3 Å². The third-order valence-corrected chi connectivity index (χ3v) is 4.28. The molecule has 0 spiro atoms. The van der Waals surface area contributed by atoms with Crippen LogP contribution in [0.2, 0.25) is 0 Å². The summed E-state index contributed by atoms with van der Waals surface area (Å²) < 4.78 is 4.96. The Labute approximate surface area is 127 Å². The Balaban J connectivity index is 2.13. The summed E-state index contributed by atoms with van der Waals surface area (Å²) >= 11 is 1.16. The molecule has 8 heteroatoms. The van der Waals surface area contributed by atoms with Crippen molar-refractivity contribution in [2.75, 3.05) is 31.3 Å². The second-order valence-corrected chi connectivity index (χ2v) is 5.95. The third-order valence-electron chi connectivity index (χ3n) is 3.12. The van der Waals surface area contributed by atoms with E-state index in [4.69, 9.17) is 16.2 Å². The van der Waals surface area contributed by atoms with Crippen molar-refractivity contribution in [1.29, 1.82) is 0 Å². The minimum absolute atomic E-state index is 0.153.